The maximum absolute atomic E-state index is 5.66. The highest BCUT2D eigenvalue weighted by Gasteiger charge is 2.12. The molecule has 0 aliphatic rings. The molecule has 1 aromatic carbocycles. The molecule has 0 aliphatic heterocycles. The Morgan fingerprint density at radius 1 is 1.33 bits per heavy atom. The molecule has 5 nitrogen and oxygen atoms in total. The Hall–Kier alpha value is -2.08. The van der Waals surface area contributed by atoms with Crippen molar-refractivity contribution in [1.82, 2.24) is 14.5 Å². The molecule has 92 valence electrons. The van der Waals surface area contributed by atoms with Crippen molar-refractivity contribution in [3.63, 3.8) is 0 Å². The van der Waals surface area contributed by atoms with Crippen LogP contribution < -0.4 is 10.5 Å². The molecule has 0 aliphatic carbocycles. The first kappa shape index (κ1) is 11.0. The number of methoxy groups -OCH3 is 1. The Balaban J connectivity index is 2.22. The largest absolute Gasteiger partial charge is 0.497 e. The van der Waals surface area contributed by atoms with Crippen molar-refractivity contribution < 1.29 is 4.74 Å². The second kappa shape index (κ2) is 3.99. The minimum atomic E-state index is 0.551. The van der Waals surface area contributed by atoms with Crippen LogP contribution in [-0.4, -0.2) is 21.6 Å². The van der Waals surface area contributed by atoms with Crippen molar-refractivity contribution in [3.05, 3.63) is 23.6 Å². The maximum atomic E-state index is 5.66. The van der Waals surface area contributed by atoms with E-state index in [1.807, 2.05) is 35.2 Å². The van der Waals surface area contributed by atoms with Gasteiger partial charge in [0.15, 0.2) is 11.0 Å². The van der Waals surface area contributed by atoms with Crippen molar-refractivity contribution in [2.45, 2.75) is 0 Å². The van der Waals surface area contributed by atoms with Gasteiger partial charge < -0.3 is 15.0 Å². The number of thiazole rings is 1. The molecule has 0 spiro atoms. The van der Waals surface area contributed by atoms with Crippen LogP contribution >= 0.6 is 11.3 Å². The Kier molecular flexibility index (Phi) is 2.45. The van der Waals surface area contributed by atoms with E-state index >= 15 is 0 Å². The monoisotopic (exact) mass is 260 g/mol. The fourth-order valence-corrected chi connectivity index (χ4v) is 2.47. The van der Waals surface area contributed by atoms with Gasteiger partial charge in [-0.25, -0.2) is 9.97 Å². The third-order valence-electron chi connectivity index (χ3n) is 2.84. The number of rotatable bonds is 2. The van der Waals surface area contributed by atoms with Crippen LogP contribution in [0.1, 0.15) is 0 Å². The maximum Gasteiger partial charge on any atom is 0.180 e. The lowest BCUT2D eigenvalue weighted by Gasteiger charge is -2.00. The molecule has 0 radical (unpaired) electrons. The van der Waals surface area contributed by atoms with Gasteiger partial charge >= 0.3 is 0 Å². The number of nitrogens with two attached hydrogens (primary N) is 1. The van der Waals surface area contributed by atoms with Crippen LogP contribution in [0.15, 0.2) is 23.6 Å². The van der Waals surface area contributed by atoms with Crippen molar-refractivity contribution in [3.8, 4) is 17.3 Å². The molecule has 0 saturated heterocycles. The number of nitrogens with zero attached hydrogens (tertiary/aromatic N) is 3. The van der Waals surface area contributed by atoms with E-state index in [4.69, 9.17) is 10.5 Å². The summed E-state index contributed by atoms with van der Waals surface area (Å²) in [4.78, 5) is 8.84. The summed E-state index contributed by atoms with van der Waals surface area (Å²) in [5.41, 5.74) is 8.38. The highest BCUT2D eigenvalue weighted by Crippen LogP contribution is 2.27. The lowest BCUT2D eigenvalue weighted by Crippen LogP contribution is -1.93. The van der Waals surface area contributed by atoms with Crippen molar-refractivity contribution in [1.29, 1.82) is 0 Å². The standard InChI is InChI=1S/C12H12N4OS/c1-16-10-4-3-7(17-2)5-8(10)14-11(16)9-6-18-12(13)15-9/h3-6H,1-2H3,(H2,13,15). The van der Waals surface area contributed by atoms with Crippen LogP contribution in [0.4, 0.5) is 5.13 Å². The smallest absolute Gasteiger partial charge is 0.180 e. The second-order valence-corrected chi connectivity index (χ2v) is 4.81. The third kappa shape index (κ3) is 1.62. The topological polar surface area (TPSA) is 66.0 Å². The number of fused-ring (bicyclic) bond motifs is 1. The Morgan fingerprint density at radius 2 is 2.17 bits per heavy atom. The van der Waals surface area contributed by atoms with Crippen LogP contribution in [0, 0.1) is 0 Å². The van der Waals surface area contributed by atoms with E-state index in [0.29, 0.717) is 5.13 Å². The first-order valence-electron chi connectivity index (χ1n) is 5.41. The van der Waals surface area contributed by atoms with Crippen LogP contribution in [0.5, 0.6) is 5.75 Å². The minimum absolute atomic E-state index is 0.551. The first-order chi connectivity index (χ1) is 8.69. The number of anilines is 1. The normalized spacial score (nSPS) is 11.0. The molecule has 0 atom stereocenters. The molecule has 0 bridgehead atoms. The molecule has 6 heteroatoms. The van der Waals surface area contributed by atoms with Crippen LogP contribution in [0.25, 0.3) is 22.6 Å². The molecular formula is C12H12N4OS. The van der Waals surface area contributed by atoms with Gasteiger partial charge in [-0.15, -0.1) is 11.3 Å². The number of nitrogen functional groups attached to an aromatic ring is 1. The fraction of sp³-hybridized carbons (Fsp3) is 0.167. The molecule has 0 fully saturated rings. The minimum Gasteiger partial charge on any atom is -0.497 e. The summed E-state index contributed by atoms with van der Waals surface area (Å²) in [6.07, 6.45) is 0. The number of aromatic nitrogens is 3. The van der Waals surface area contributed by atoms with Crippen LogP contribution in [-0.2, 0) is 7.05 Å². The molecule has 0 saturated carbocycles. The number of benzene rings is 1. The Bertz CT molecular complexity index is 716. The van der Waals surface area contributed by atoms with Crippen LogP contribution in [0.2, 0.25) is 0 Å². The summed E-state index contributed by atoms with van der Waals surface area (Å²) in [7, 11) is 3.61. The van der Waals surface area contributed by atoms with E-state index in [1.54, 1.807) is 7.11 Å². The van der Waals surface area contributed by atoms with E-state index in [9.17, 15) is 0 Å². The van der Waals surface area contributed by atoms with Crippen molar-refractivity contribution in [2.75, 3.05) is 12.8 Å². The third-order valence-corrected chi connectivity index (χ3v) is 3.51. The number of aryl methyl sites for hydroxylation is 1. The summed E-state index contributed by atoms with van der Waals surface area (Å²) in [5, 5.41) is 2.46. The lowest BCUT2D eigenvalue weighted by molar-refractivity contribution is 0.415. The van der Waals surface area contributed by atoms with Gasteiger partial charge in [-0.05, 0) is 12.1 Å². The fourth-order valence-electron chi connectivity index (χ4n) is 1.93. The average molecular weight is 260 g/mol. The summed E-state index contributed by atoms with van der Waals surface area (Å²) in [6.45, 7) is 0. The van der Waals surface area contributed by atoms with Gasteiger partial charge in [0, 0.05) is 18.5 Å². The molecule has 18 heavy (non-hydrogen) atoms. The molecule has 2 N–H and O–H groups in total. The zero-order valence-electron chi connectivity index (χ0n) is 10.0. The van der Waals surface area contributed by atoms with Gasteiger partial charge in [0.2, 0.25) is 0 Å². The predicted molar refractivity (Wildman–Crippen MR) is 72.8 cm³/mol. The summed E-state index contributed by atoms with van der Waals surface area (Å²) < 4.78 is 7.20. The van der Waals surface area contributed by atoms with E-state index in [0.717, 1.165) is 28.3 Å². The van der Waals surface area contributed by atoms with Crippen LogP contribution in [0.3, 0.4) is 0 Å². The molecule has 2 heterocycles. The SMILES string of the molecule is COc1ccc2c(c1)nc(-c1csc(N)n1)n2C. The zero-order chi connectivity index (χ0) is 12.7. The number of hydrogen-bond donors (Lipinski definition) is 1. The van der Waals surface area contributed by atoms with Gasteiger partial charge in [0.05, 0.1) is 18.1 Å². The lowest BCUT2D eigenvalue weighted by atomic mass is 10.3. The van der Waals surface area contributed by atoms with E-state index in [1.165, 1.54) is 11.3 Å². The Morgan fingerprint density at radius 3 is 2.83 bits per heavy atom. The van der Waals surface area contributed by atoms with Gasteiger partial charge in [-0.1, -0.05) is 0 Å². The quantitative estimate of drug-likeness (QED) is 0.767. The molecule has 3 rings (SSSR count). The predicted octanol–water partition coefficient (Wildman–Crippen LogP) is 2.29. The first-order valence-corrected chi connectivity index (χ1v) is 6.29. The summed E-state index contributed by atoms with van der Waals surface area (Å²) in [5.74, 6) is 1.61. The van der Waals surface area contributed by atoms with Crippen molar-refractivity contribution in [2.24, 2.45) is 7.05 Å². The summed E-state index contributed by atoms with van der Waals surface area (Å²) in [6, 6.07) is 5.82. The number of hydrogen-bond acceptors (Lipinski definition) is 5. The van der Waals surface area contributed by atoms with Gasteiger partial charge in [0.25, 0.3) is 0 Å². The molecule has 0 amide bonds. The Labute approximate surface area is 108 Å². The van der Waals surface area contributed by atoms with Crippen molar-refractivity contribution >= 4 is 27.5 Å². The summed E-state index contributed by atoms with van der Waals surface area (Å²) >= 11 is 1.41. The van der Waals surface area contributed by atoms with E-state index in [2.05, 4.69) is 9.97 Å². The van der Waals surface area contributed by atoms with Gasteiger partial charge in [-0.2, -0.15) is 0 Å². The molecule has 3 aromatic rings. The highest BCUT2D eigenvalue weighted by molar-refractivity contribution is 7.13. The highest BCUT2D eigenvalue weighted by atomic mass is 32.1. The molecular weight excluding hydrogens is 248 g/mol. The number of ether oxygens (including phenoxy) is 1. The second-order valence-electron chi connectivity index (χ2n) is 3.92. The zero-order valence-corrected chi connectivity index (χ0v) is 10.9. The molecule has 2 aromatic heterocycles. The molecule has 0 unspecified atom stereocenters. The van der Waals surface area contributed by atoms with Gasteiger partial charge in [0.1, 0.15) is 11.4 Å². The van der Waals surface area contributed by atoms with E-state index < -0.39 is 0 Å². The van der Waals surface area contributed by atoms with Gasteiger partial charge in [-0.3, -0.25) is 0 Å². The average Bonchev–Trinajstić information content (AvgIpc) is 2.93. The number of imidazole rings is 1. The van der Waals surface area contributed by atoms with E-state index in [-0.39, 0.29) is 0 Å².